The maximum atomic E-state index is 8.13. The molecule has 200 valence electrons. The molecule has 0 saturated heterocycles. The predicted octanol–water partition coefficient (Wildman–Crippen LogP) is 8.82. The van der Waals surface area contributed by atoms with Crippen LogP contribution in [0.3, 0.4) is 0 Å². The van der Waals surface area contributed by atoms with Gasteiger partial charge in [0.25, 0.3) is 0 Å². The SMILES string of the molecule is Cc1cccc(-c2cccc([Si](Cl)(c3cccc(-c4cccc(C)c4)c3)c3cccc(-c4cccc(C)c4)c3)c2)c1. The zero-order valence-corrected chi connectivity index (χ0v) is 25.5. The normalized spacial score (nSPS) is 11.4. The number of aryl methyl sites for hydroxylation is 3. The van der Waals surface area contributed by atoms with Gasteiger partial charge in [0, 0.05) is 0 Å². The summed E-state index contributed by atoms with van der Waals surface area (Å²) in [6.45, 7) is 6.42. The zero-order chi connectivity index (χ0) is 28.4. The van der Waals surface area contributed by atoms with Crippen LogP contribution in [0, 0.1) is 20.8 Å². The van der Waals surface area contributed by atoms with Gasteiger partial charge in [-0.1, -0.05) is 162 Å². The van der Waals surface area contributed by atoms with Gasteiger partial charge in [-0.3, -0.25) is 0 Å². The van der Waals surface area contributed by atoms with E-state index < -0.39 is 7.38 Å². The fraction of sp³-hybridized carbons (Fsp3) is 0.0769. The molecule has 0 unspecified atom stereocenters. The van der Waals surface area contributed by atoms with Crippen molar-refractivity contribution in [3.63, 3.8) is 0 Å². The van der Waals surface area contributed by atoms with Gasteiger partial charge in [-0.25, -0.2) is 0 Å². The predicted molar refractivity (Wildman–Crippen MR) is 180 cm³/mol. The van der Waals surface area contributed by atoms with Gasteiger partial charge in [-0.05, 0) is 69.7 Å². The van der Waals surface area contributed by atoms with Gasteiger partial charge in [0.05, 0.1) is 0 Å². The highest BCUT2D eigenvalue weighted by Crippen LogP contribution is 2.26. The van der Waals surface area contributed by atoms with E-state index in [9.17, 15) is 0 Å². The number of halogens is 1. The molecule has 0 heterocycles. The summed E-state index contributed by atoms with van der Waals surface area (Å²) in [6.07, 6.45) is 0. The van der Waals surface area contributed by atoms with Crippen LogP contribution in [-0.2, 0) is 0 Å². The Hall–Kier alpha value is -4.17. The molecule has 0 aliphatic rings. The van der Waals surface area contributed by atoms with E-state index in [4.69, 9.17) is 11.1 Å². The second-order valence-corrected chi connectivity index (χ2v) is 15.8. The fourth-order valence-corrected chi connectivity index (χ4v) is 9.81. The summed E-state index contributed by atoms with van der Waals surface area (Å²) in [6, 6.07) is 52.7. The molecule has 6 aromatic carbocycles. The molecule has 0 spiro atoms. The third-order valence-electron chi connectivity index (χ3n) is 7.84. The Morgan fingerprint density at radius 3 is 0.854 bits per heavy atom. The maximum Gasteiger partial charge on any atom is 0.248 e. The molecule has 0 amide bonds. The molecular weight excluding hydrogens is 532 g/mol. The lowest BCUT2D eigenvalue weighted by molar-refractivity contribution is 1.47. The average molecular weight is 565 g/mol. The van der Waals surface area contributed by atoms with E-state index >= 15 is 0 Å². The molecule has 0 fully saturated rings. The second kappa shape index (κ2) is 11.4. The van der Waals surface area contributed by atoms with Crippen LogP contribution >= 0.6 is 11.1 Å². The molecule has 0 bridgehead atoms. The number of hydrogen-bond donors (Lipinski definition) is 0. The number of benzene rings is 6. The molecule has 0 saturated carbocycles. The summed E-state index contributed by atoms with van der Waals surface area (Å²) in [4.78, 5) is 0. The molecule has 0 atom stereocenters. The van der Waals surface area contributed by atoms with Gasteiger partial charge < -0.3 is 0 Å². The van der Waals surface area contributed by atoms with Crippen LogP contribution in [0.1, 0.15) is 16.7 Å². The monoisotopic (exact) mass is 564 g/mol. The van der Waals surface area contributed by atoms with Crippen LogP contribution in [0.15, 0.2) is 146 Å². The van der Waals surface area contributed by atoms with Gasteiger partial charge in [0.2, 0.25) is 7.38 Å². The molecule has 6 aromatic rings. The summed E-state index contributed by atoms with van der Waals surface area (Å²) in [5, 5.41) is 3.54. The first kappa shape index (κ1) is 27.0. The Kier molecular flexibility index (Phi) is 7.49. The smallest absolute Gasteiger partial charge is 0.149 e. The lowest BCUT2D eigenvalue weighted by Gasteiger charge is -2.28. The van der Waals surface area contributed by atoms with Crippen molar-refractivity contribution in [3.05, 3.63) is 162 Å². The van der Waals surface area contributed by atoms with Crippen molar-refractivity contribution >= 4 is 34.0 Å². The van der Waals surface area contributed by atoms with E-state index in [1.54, 1.807) is 0 Å². The molecular formula is C39H33ClSi. The van der Waals surface area contributed by atoms with Crippen LogP contribution in [0.4, 0.5) is 0 Å². The van der Waals surface area contributed by atoms with Crippen LogP contribution in [0.5, 0.6) is 0 Å². The molecule has 0 aromatic heterocycles. The Labute approximate surface area is 249 Å². The van der Waals surface area contributed by atoms with Crippen molar-refractivity contribution in [2.75, 3.05) is 0 Å². The van der Waals surface area contributed by atoms with E-state index in [-0.39, 0.29) is 0 Å². The average Bonchev–Trinajstić information content (AvgIpc) is 3.01. The highest BCUT2D eigenvalue weighted by molar-refractivity contribution is 7.40. The third kappa shape index (κ3) is 5.57. The topological polar surface area (TPSA) is 0 Å². The maximum absolute atomic E-state index is 8.13. The first-order chi connectivity index (χ1) is 19.9. The van der Waals surface area contributed by atoms with Crippen molar-refractivity contribution in [2.45, 2.75) is 20.8 Å². The quantitative estimate of drug-likeness (QED) is 0.108. The fourth-order valence-electron chi connectivity index (χ4n) is 5.71. The molecule has 6 rings (SSSR count). The van der Waals surface area contributed by atoms with Crippen LogP contribution < -0.4 is 15.6 Å². The van der Waals surface area contributed by atoms with Gasteiger partial charge in [-0.15, -0.1) is 11.1 Å². The lowest BCUT2D eigenvalue weighted by Crippen LogP contribution is -2.63. The molecule has 0 aliphatic carbocycles. The summed E-state index contributed by atoms with van der Waals surface area (Å²) in [7, 11) is -2.94. The number of rotatable bonds is 6. The minimum atomic E-state index is -2.94. The molecule has 0 radical (unpaired) electrons. The summed E-state index contributed by atoms with van der Waals surface area (Å²) < 4.78 is 0. The van der Waals surface area contributed by atoms with Crippen molar-refractivity contribution in [1.82, 2.24) is 0 Å². The van der Waals surface area contributed by atoms with Gasteiger partial charge in [-0.2, -0.15) is 0 Å². The minimum absolute atomic E-state index is 1.18. The van der Waals surface area contributed by atoms with Crippen LogP contribution in [-0.4, -0.2) is 7.38 Å². The Balaban J connectivity index is 1.56. The first-order valence-electron chi connectivity index (χ1n) is 14.1. The van der Waals surface area contributed by atoms with Crippen LogP contribution in [0.25, 0.3) is 33.4 Å². The highest BCUT2D eigenvalue weighted by atomic mass is 35.6. The number of hydrogen-bond acceptors (Lipinski definition) is 0. The van der Waals surface area contributed by atoms with Crippen molar-refractivity contribution in [3.8, 4) is 33.4 Å². The Bertz CT molecular complexity index is 1640. The van der Waals surface area contributed by atoms with Crippen molar-refractivity contribution in [1.29, 1.82) is 0 Å². The van der Waals surface area contributed by atoms with Crippen molar-refractivity contribution in [2.24, 2.45) is 0 Å². The summed E-state index contributed by atoms with van der Waals surface area (Å²) in [5.74, 6) is 0. The molecule has 0 N–H and O–H groups in total. The molecule has 41 heavy (non-hydrogen) atoms. The lowest BCUT2D eigenvalue weighted by atomic mass is 10.0. The van der Waals surface area contributed by atoms with Gasteiger partial charge in [0.15, 0.2) is 0 Å². The van der Waals surface area contributed by atoms with E-state index in [1.165, 1.54) is 65.6 Å². The summed E-state index contributed by atoms with van der Waals surface area (Å²) in [5.41, 5.74) is 10.9. The van der Waals surface area contributed by atoms with E-state index in [0.29, 0.717) is 0 Å². The molecule has 0 aliphatic heterocycles. The van der Waals surface area contributed by atoms with Gasteiger partial charge in [0.1, 0.15) is 0 Å². The third-order valence-corrected chi connectivity index (χ3v) is 13.1. The van der Waals surface area contributed by atoms with Crippen LogP contribution in [0.2, 0.25) is 0 Å². The Morgan fingerprint density at radius 2 is 0.585 bits per heavy atom. The molecule has 2 heteroatoms. The second-order valence-electron chi connectivity index (χ2n) is 11.0. The standard InChI is InChI=1S/C39H33ClSi/c1-28-10-4-13-31(22-28)34-16-7-19-37(25-34)41(40,38-20-8-17-35(26-38)32-14-5-11-29(2)23-32)39-21-9-18-36(27-39)33-15-6-12-30(3)24-33/h4-27H,1-3H3. The largest absolute Gasteiger partial charge is 0.248 e. The first-order valence-corrected chi connectivity index (χ1v) is 17.1. The highest BCUT2D eigenvalue weighted by Gasteiger charge is 2.38. The van der Waals surface area contributed by atoms with Crippen molar-refractivity contribution < 1.29 is 0 Å². The van der Waals surface area contributed by atoms with E-state index in [1.807, 2.05) is 0 Å². The molecule has 0 nitrogen and oxygen atoms in total. The minimum Gasteiger partial charge on any atom is -0.149 e. The Morgan fingerprint density at radius 1 is 0.341 bits per heavy atom. The summed E-state index contributed by atoms with van der Waals surface area (Å²) >= 11 is 8.13. The zero-order valence-electron chi connectivity index (χ0n) is 23.7. The van der Waals surface area contributed by atoms with E-state index in [0.717, 1.165) is 0 Å². The van der Waals surface area contributed by atoms with E-state index in [2.05, 4.69) is 166 Å². The van der Waals surface area contributed by atoms with Gasteiger partial charge >= 0.3 is 0 Å².